The molecule has 0 fully saturated rings. The fourth-order valence-electron chi connectivity index (χ4n) is 0.973. The minimum atomic E-state index is -5.98. The quantitative estimate of drug-likeness (QED) is 0.660. The Morgan fingerprint density at radius 3 is 0.706 bits per heavy atom. The van der Waals surface area contributed by atoms with E-state index in [4.69, 9.17) is 0 Å². The first-order chi connectivity index (χ1) is 7.00. The molecule has 0 saturated heterocycles. The Hall–Kier alpha value is -0.630. The molecule has 0 rings (SSSR count). The van der Waals surface area contributed by atoms with Gasteiger partial charge in [0, 0.05) is 0 Å². The lowest BCUT2D eigenvalue weighted by Gasteiger charge is -2.43. The van der Waals surface area contributed by atoms with Gasteiger partial charge in [0.1, 0.15) is 0 Å². The molecule has 0 N–H and O–H groups in total. The lowest BCUT2D eigenvalue weighted by Crippen LogP contribution is -2.67. The predicted molar refractivity (Wildman–Crippen MR) is 40.6 cm³/mol. The molecule has 2 unspecified atom stereocenters. The van der Waals surface area contributed by atoms with Crippen molar-refractivity contribution in [2.45, 2.75) is 50.1 Å². The van der Waals surface area contributed by atoms with E-state index in [-0.39, 0.29) is 0 Å². The molecule has 0 aromatic heterocycles. The second-order valence-electron chi connectivity index (χ2n) is 4.00. The van der Waals surface area contributed by atoms with E-state index < -0.39 is 50.1 Å². The Bertz CT molecular complexity index is 252. The van der Waals surface area contributed by atoms with Crippen LogP contribution in [0, 0.1) is 0 Å². The summed E-state index contributed by atoms with van der Waals surface area (Å²) in [5, 5.41) is 0. The van der Waals surface area contributed by atoms with Gasteiger partial charge in [-0.3, -0.25) is 0 Å². The molecule has 0 aliphatic heterocycles. The van der Waals surface area contributed by atoms with Crippen molar-refractivity contribution in [2.24, 2.45) is 0 Å². The molecule has 0 spiro atoms. The monoisotopic (exact) mass is 276 g/mol. The standard InChI is InChI=1S/C8H9F9/c1-4(9,5(2,10)7(12,13)14)6(3,11)8(15,16)17/h1-3H3. The zero-order valence-corrected chi connectivity index (χ0v) is 8.90. The minimum absolute atomic E-state index is 0.409. The molecule has 9 heteroatoms. The van der Waals surface area contributed by atoms with Gasteiger partial charge in [-0.25, -0.2) is 13.2 Å². The molecule has 0 saturated carbocycles. The topological polar surface area (TPSA) is 0 Å². The highest BCUT2D eigenvalue weighted by Gasteiger charge is 2.77. The van der Waals surface area contributed by atoms with Crippen LogP contribution in [-0.2, 0) is 0 Å². The Labute approximate surface area is 90.8 Å². The summed E-state index contributed by atoms with van der Waals surface area (Å²) in [5.74, 6) is 0. The van der Waals surface area contributed by atoms with Gasteiger partial charge in [-0.05, 0) is 20.8 Å². The van der Waals surface area contributed by atoms with Crippen LogP contribution in [-0.4, -0.2) is 29.4 Å². The number of rotatable bonds is 2. The maximum Gasteiger partial charge on any atom is 0.425 e. The second kappa shape index (κ2) is 3.68. The van der Waals surface area contributed by atoms with E-state index in [2.05, 4.69) is 0 Å². The zero-order valence-electron chi connectivity index (χ0n) is 8.90. The van der Waals surface area contributed by atoms with Gasteiger partial charge in [0.15, 0.2) is 5.67 Å². The predicted octanol–water partition coefficient (Wildman–Crippen LogP) is 4.30. The molecule has 0 aromatic rings. The summed E-state index contributed by atoms with van der Waals surface area (Å²) in [6, 6.07) is 0. The number of hydrogen-bond donors (Lipinski definition) is 0. The van der Waals surface area contributed by atoms with Gasteiger partial charge in [-0.15, -0.1) is 0 Å². The molecule has 0 nitrogen and oxygen atoms in total. The van der Waals surface area contributed by atoms with Crippen LogP contribution >= 0.6 is 0 Å². The van der Waals surface area contributed by atoms with Crippen molar-refractivity contribution < 1.29 is 39.5 Å². The van der Waals surface area contributed by atoms with Crippen molar-refractivity contribution in [3.05, 3.63) is 0 Å². The lowest BCUT2D eigenvalue weighted by atomic mass is 9.76. The van der Waals surface area contributed by atoms with Crippen LogP contribution < -0.4 is 0 Å². The summed E-state index contributed by atoms with van der Waals surface area (Å²) in [7, 11) is 0. The third-order valence-electron chi connectivity index (χ3n) is 2.83. The van der Waals surface area contributed by atoms with Crippen molar-refractivity contribution in [1.29, 1.82) is 0 Å². The molecule has 0 heterocycles. The first-order valence-electron chi connectivity index (χ1n) is 4.20. The molecule has 0 aliphatic carbocycles. The maximum absolute atomic E-state index is 13.4. The fraction of sp³-hybridized carbons (Fsp3) is 1.00. The van der Waals surface area contributed by atoms with Gasteiger partial charge >= 0.3 is 12.4 Å². The largest absolute Gasteiger partial charge is 0.425 e. The highest BCUT2D eigenvalue weighted by atomic mass is 19.4. The maximum atomic E-state index is 13.4. The SMILES string of the molecule is CC(F)(C(F)(F)F)C(C)(F)C(C)(F)C(F)(F)F. The average molecular weight is 276 g/mol. The highest BCUT2D eigenvalue weighted by Crippen LogP contribution is 2.54. The molecule has 0 amide bonds. The summed E-state index contributed by atoms with van der Waals surface area (Å²) in [5.41, 5.74) is -14.8. The smallest absolute Gasteiger partial charge is 0.236 e. The van der Waals surface area contributed by atoms with Crippen LogP contribution in [0.4, 0.5) is 39.5 Å². The zero-order chi connectivity index (χ0) is 14.5. The molecule has 104 valence electrons. The van der Waals surface area contributed by atoms with Gasteiger partial charge in [-0.1, -0.05) is 0 Å². The summed E-state index contributed by atoms with van der Waals surface area (Å²) in [6.07, 6.45) is -12.0. The van der Waals surface area contributed by atoms with Gasteiger partial charge in [0.05, 0.1) is 0 Å². The van der Waals surface area contributed by atoms with E-state index in [1.807, 2.05) is 0 Å². The summed E-state index contributed by atoms with van der Waals surface area (Å²) < 4.78 is 112. The molecule has 17 heavy (non-hydrogen) atoms. The number of hydrogen-bond acceptors (Lipinski definition) is 0. The Balaban J connectivity index is 5.73. The van der Waals surface area contributed by atoms with Crippen LogP contribution in [0.2, 0.25) is 0 Å². The number of alkyl halides is 9. The minimum Gasteiger partial charge on any atom is -0.236 e. The number of halogens is 9. The third kappa shape index (κ3) is 2.20. The fourth-order valence-corrected chi connectivity index (χ4v) is 0.973. The first kappa shape index (κ1) is 16.4. The van der Waals surface area contributed by atoms with E-state index in [1.165, 1.54) is 0 Å². The second-order valence-corrected chi connectivity index (χ2v) is 4.00. The molecule has 0 bridgehead atoms. The van der Waals surface area contributed by atoms with Crippen LogP contribution in [0.5, 0.6) is 0 Å². The average Bonchev–Trinajstić information content (AvgIpc) is 1.98. The van der Waals surface area contributed by atoms with E-state index >= 15 is 0 Å². The van der Waals surface area contributed by atoms with E-state index in [1.54, 1.807) is 0 Å². The molecule has 0 radical (unpaired) electrons. The highest BCUT2D eigenvalue weighted by molar-refractivity contribution is 5.12. The van der Waals surface area contributed by atoms with Gasteiger partial charge in [-0.2, -0.15) is 26.3 Å². The summed E-state index contributed by atoms with van der Waals surface area (Å²) in [6.45, 7) is -1.36. The Kier molecular flexibility index (Phi) is 3.54. The van der Waals surface area contributed by atoms with Crippen molar-refractivity contribution in [1.82, 2.24) is 0 Å². The summed E-state index contributed by atoms with van der Waals surface area (Å²) >= 11 is 0. The van der Waals surface area contributed by atoms with E-state index in [0.29, 0.717) is 0 Å². The van der Waals surface area contributed by atoms with Gasteiger partial charge in [0.2, 0.25) is 11.3 Å². The van der Waals surface area contributed by atoms with Crippen molar-refractivity contribution in [2.75, 3.05) is 0 Å². The molecular formula is C8H9F9. The van der Waals surface area contributed by atoms with Crippen LogP contribution in [0.1, 0.15) is 20.8 Å². The van der Waals surface area contributed by atoms with Crippen LogP contribution in [0.3, 0.4) is 0 Å². The normalized spacial score (nSPS) is 24.7. The first-order valence-corrected chi connectivity index (χ1v) is 4.20. The summed E-state index contributed by atoms with van der Waals surface area (Å²) in [4.78, 5) is 0. The molecule has 0 aliphatic rings. The van der Waals surface area contributed by atoms with E-state index in [0.717, 1.165) is 0 Å². The lowest BCUT2D eigenvalue weighted by molar-refractivity contribution is -0.330. The molecular weight excluding hydrogens is 267 g/mol. The molecule has 0 aromatic carbocycles. The Morgan fingerprint density at radius 1 is 0.412 bits per heavy atom. The molecule has 2 atom stereocenters. The van der Waals surface area contributed by atoms with Crippen molar-refractivity contribution in [3.63, 3.8) is 0 Å². The van der Waals surface area contributed by atoms with Crippen molar-refractivity contribution in [3.8, 4) is 0 Å². The Morgan fingerprint density at radius 2 is 0.588 bits per heavy atom. The van der Waals surface area contributed by atoms with Crippen LogP contribution in [0.15, 0.2) is 0 Å². The van der Waals surface area contributed by atoms with Crippen LogP contribution in [0.25, 0.3) is 0 Å². The van der Waals surface area contributed by atoms with Gasteiger partial charge in [0.25, 0.3) is 0 Å². The van der Waals surface area contributed by atoms with E-state index in [9.17, 15) is 39.5 Å². The van der Waals surface area contributed by atoms with Crippen molar-refractivity contribution >= 4 is 0 Å². The third-order valence-corrected chi connectivity index (χ3v) is 2.83. The van der Waals surface area contributed by atoms with Gasteiger partial charge < -0.3 is 0 Å².